The van der Waals surface area contributed by atoms with Crippen molar-refractivity contribution in [3.05, 3.63) is 24.1 Å². The summed E-state index contributed by atoms with van der Waals surface area (Å²) >= 11 is 0. The average molecular weight is 144 g/mol. The van der Waals surface area contributed by atoms with E-state index in [4.69, 9.17) is 0 Å². The van der Waals surface area contributed by atoms with E-state index in [1.807, 2.05) is 27.7 Å². The zero-order chi connectivity index (χ0) is 5.82. The lowest BCUT2D eigenvalue weighted by Gasteiger charge is -1.97. The average Bonchev–Trinajstić information content (AvgIpc) is 2.19. The predicted molar refractivity (Wildman–Crippen MR) is 42.9 cm³/mol. The molecule has 1 unspecified atom stereocenters. The fourth-order valence-electron chi connectivity index (χ4n) is 0.537. The number of rotatable bonds is 2. The van der Waals surface area contributed by atoms with Crippen LogP contribution in [0.2, 0.25) is 0 Å². The van der Waals surface area contributed by atoms with Gasteiger partial charge in [0.15, 0.2) is 0 Å². The lowest BCUT2D eigenvalue weighted by molar-refractivity contribution is 1.09. The van der Waals surface area contributed by atoms with Gasteiger partial charge in [-0.15, -0.1) is 6.58 Å². The predicted octanol–water partition coefficient (Wildman–Crippen LogP) is 2.84. The van der Waals surface area contributed by atoms with Crippen molar-refractivity contribution in [3.63, 3.8) is 0 Å². The molecule has 0 saturated heterocycles. The first-order chi connectivity index (χ1) is 3.93. The molecule has 8 heavy (non-hydrogen) atoms. The second kappa shape index (κ2) is 3.25. The van der Waals surface area contributed by atoms with E-state index in [0.29, 0.717) is 5.25 Å². The Hall–Kier alpha value is 0.180. The third-order valence-electron chi connectivity index (χ3n) is 0.927. The van der Waals surface area contributed by atoms with E-state index in [1.54, 1.807) is 0 Å². The summed E-state index contributed by atoms with van der Waals surface area (Å²) in [5, 5.41) is 2.83. The van der Waals surface area contributed by atoms with Gasteiger partial charge in [-0.2, -0.15) is 0 Å². The van der Waals surface area contributed by atoms with Crippen molar-refractivity contribution in [3.8, 4) is 0 Å². The Morgan fingerprint density at radius 3 is 3.12 bits per heavy atom. The minimum atomic E-state index is 0.692. The van der Waals surface area contributed by atoms with Crippen molar-refractivity contribution in [2.75, 3.05) is 0 Å². The van der Waals surface area contributed by atoms with Crippen LogP contribution in [-0.2, 0) is 0 Å². The number of hydrogen-bond acceptors (Lipinski definition) is 2. The first kappa shape index (κ1) is 6.30. The normalized spacial score (nSPS) is 26.2. The minimum absolute atomic E-state index is 0.692. The van der Waals surface area contributed by atoms with Crippen LogP contribution < -0.4 is 0 Å². The molecule has 1 heterocycles. The molecular formula is C6H8S2. The summed E-state index contributed by atoms with van der Waals surface area (Å²) < 4.78 is 0. The highest BCUT2D eigenvalue weighted by atomic mass is 33.1. The van der Waals surface area contributed by atoms with Gasteiger partial charge >= 0.3 is 0 Å². The molecule has 44 valence electrons. The molecule has 0 amide bonds. The van der Waals surface area contributed by atoms with Crippen LogP contribution in [0.5, 0.6) is 0 Å². The molecule has 0 N–H and O–H groups in total. The van der Waals surface area contributed by atoms with Crippen LogP contribution in [0.1, 0.15) is 6.42 Å². The Labute approximate surface area is 57.8 Å². The summed E-state index contributed by atoms with van der Waals surface area (Å²) in [7, 11) is 3.71. The maximum atomic E-state index is 3.67. The van der Waals surface area contributed by atoms with Crippen LogP contribution in [0.3, 0.4) is 0 Å². The smallest absolute Gasteiger partial charge is 0.0376 e. The Morgan fingerprint density at radius 1 is 1.75 bits per heavy atom. The van der Waals surface area contributed by atoms with Gasteiger partial charge in [0.1, 0.15) is 0 Å². The quantitative estimate of drug-likeness (QED) is 0.432. The van der Waals surface area contributed by atoms with Gasteiger partial charge in [0.2, 0.25) is 0 Å². The minimum Gasteiger partial charge on any atom is -0.103 e. The molecule has 1 rings (SSSR count). The van der Waals surface area contributed by atoms with Gasteiger partial charge in [-0.05, 0) is 11.8 Å². The van der Waals surface area contributed by atoms with Crippen molar-refractivity contribution in [1.82, 2.24) is 0 Å². The molecule has 0 saturated carbocycles. The van der Waals surface area contributed by atoms with Gasteiger partial charge in [0, 0.05) is 5.25 Å². The molecule has 0 fully saturated rings. The second-order valence-corrected chi connectivity index (χ2v) is 4.00. The maximum absolute atomic E-state index is 3.67. The van der Waals surface area contributed by atoms with E-state index < -0.39 is 0 Å². The zero-order valence-corrected chi connectivity index (χ0v) is 6.17. The van der Waals surface area contributed by atoms with Crippen molar-refractivity contribution < 1.29 is 0 Å². The topological polar surface area (TPSA) is 0 Å². The second-order valence-electron chi connectivity index (χ2n) is 1.58. The van der Waals surface area contributed by atoms with Gasteiger partial charge in [-0.1, -0.05) is 33.7 Å². The molecular weight excluding hydrogens is 136 g/mol. The van der Waals surface area contributed by atoms with Crippen molar-refractivity contribution in [2.45, 2.75) is 11.7 Å². The molecule has 0 aliphatic carbocycles. The van der Waals surface area contributed by atoms with Crippen molar-refractivity contribution in [2.24, 2.45) is 0 Å². The van der Waals surface area contributed by atoms with Gasteiger partial charge in [0.25, 0.3) is 0 Å². The molecule has 0 nitrogen and oxygen atoms in total. The molecule has 1 atom stereocenters. The summed E-state index contributed by atoms with van der Waals surface area (Å²) in [4.78, 5) is 0. The fraction of sp³-hybridized carbons (Fsp3) is 0.333. The lowest BCUT2D eigenvalue weighted by atomic mass is 10.3. The Balaban J connectivity index is 2.25. The fourth-order valence-corrected chi connectivity index (χ4v) is 2.70. The van der Waals surface area contributed by atoms with Crippen LogP contribution in [0.25, 0.3) is 0 Å². The molecule has 2 heteroatoms. The van der Waals surface area contributed by atoms with E-state index in [9.17, 15) is 0 Å². The molecule has 0 aromatic rings. The monoisotopic (exact) mass is 144 g/mol. The van der Waals surface area contributed by atoms with E-state index in [1.165, 1.54) is 0 Å². The van der Waals surface area contributed by atoms with E-state index in [-0.39, 0.29) is 0 Å². The largest absolute Gasteiger partial charge is 0.103 e. The van der Waals surface area contributed by atoms with Crippen LogP contribution >= 0.6 is 21.6 Å². The van der Waals surface area contributed by atoms with Crippen molar-refractivity contribution in [1.29, 1.82) is 0 Å². The zero-order valence-electron chi connectivity index (χ0n) is 4.54. The highest BCUT2D eigenvalue weighted by Crippen LogP contribution is 2.36. The molecule has 0 radical (unpaired) electrons. The van der Waals surface area contributed by atoms with Crippen LogP contribution in [0.15, 0.2) is 24.1 Å². The van der Waals surface area contributed by atoms with Gasteiger partial charge in [-0.25, -0.2) is 0 Å². The van der Waals surface area contributed by atoms with Gasteiger partial charge in [-0.3, -0.25) is 0 Å². The third-order valence-corrected chi connectivity index (χ3v) is 3.31. The van der Waals surface area contributed by atoms with E-state index >= 15 is 0 Å². The molecule has 0 bridgehead atoms. The Bertz CT molecular complexity index is 107. The summed E-state index contributed by atoms with van der Waals surface area (Å²) in [5.74, 6) is 0. The van der Waals surface area contributed by atoms with Gasteiger partial charge in [0.05, 0.1) is 0 Å². The van der Waals surface area contributed by atoms with E-state index in [2.05, 4.69) is 18.1 Å². The Morgan fingerprint density at radius 2 is 2.62 bits per heavy atom. The summed E-state index contributed by atoms with van der Waals surface area (Å²) in [6, 6.07) is 0. The SMILES string of the molecule is C=CCC1C=CSS1. The molecule has 1 aliphatic heterocycles. The maximum Gasteiger partial charge on any atom is 0.0376 e. The highest BCUT2D eigenvalue weighted by Gasteiger charge is 2.06. The molecule has 0 spiro atoms. The summed E-state index contributed by atoms with van der Waals surface area (Å²) in [5.41, 5.74) is 0. The van der Waals surface area contributed by atoms with Crippen LogP contribution in [0.4, 0.5) is 0 Å². The van der Waals surface area contributed by atoms with Crippen molar-refractivity contribution >= 4 is 21.6 Å². The summed E-state index contributed by atoms with van der Waals surface area (Å²) in [6.45, 7) is 3.67. The highest BCUT2D eigenvalue weighted by molar-refractivity contribution is 8.78. The standard InChI is InChI=1S/C6H8S2/c1-2-3-6-4-5-7-8-6/h2,4-6H,1,3H2. The van der Waals surface area contributed by atoms with E-state index in [0.717, 1.165) is 6.42 Å². The first-order valence-corrected chi connectivity index (χ1v) is 4.81. The molecule has 1 aliphatic rings. The first-order valence-electron chi connectivity index (χ1n) is 2.53. The van der Waals surface area contributed by atoms with Crippen LogP contribution in [-0.4, -0.2) is 5.25 Å². The number of allylic oxidation sites excluding steroid dienone is 1. The molecule has 0 aromatic heterocycles. The van der Waals surface area contributed by atoms with Crippen LogP contribution in [0, 0.1) is 0 Å². The number of hydrogen-bond donors (Lipinski definition) is 0. The summed E-state index contributed by atoms with van der Waals surface area (Å²) in [6.07, 6.45) is 5.29. The third kappa shape index (κ3) is 1.60. The lowest BCUT2D eigenvalue weighted by Crippen LogP contribution is -1.87. The molecule has 0 aromatic carbocycles. The van der Waals surface area contributed by atoms with Gasteiger partial charge < -0.3 is 0 Å². The Kier molecular flexibility index (Phi) is 2.56.